The van der Waals surface area contributed by atoms with E-state index in [0.29, 0.717) is 5.75 Å². The molecule has 168 valence electrons. The third kappa shape index (κ3) is 6.09. The summed E-state index contributed by atoms with van der Waals surface area (Å²) >= 11 is 0. The molecule has 32 heavy (non-hydrogen) atoms. The van der Waals surface area contributed by atoms with Gasteiger partial charge < -0.3 is 14.8 Å². The van der Waals surface area contributed by atoms with Crippen molar-refractivity contribution in [1.29, 1.82) is 0 Å². The number of carbonyl (C=O) groups is 1. The van der Waals surface area contributed by atoms with Gasteiger partial charge in [-0.3, -0.25) is 4.79 Å². The number of sulfonamides is 1. The van der Waals surface area contributed by atoms with E-state index in [0.717, 1.165) is 16.9 Å². The fraction of sp³-hybridized carbons (Fsp3) is 0.208. The zero-order valence-corrected chi connectivity index (χ0v) is 18.8. The van der Waals surface area contributed by atoms with Gasteiger partial charge in [0.15, 0.2) is 0 Å². The van der Waals surface area contributed by atoms with Gasteiger partial charge >= 0.3 is 0 Å². The van der Waals surface area contributed by atoms with Crippen LogP contribution in [0.2, 0.25) is 0 Å². The summed E-state index contributed by atoms with van der Waals surface area (Å²) in [6.07, 6.45) is 0. The highest BCUT2D eigenvalue weighted by Gasteiger charge is 2.26. The van der Waals surface area contributed by atoms with E-state index in [1.165, 1.54) is 16.4 Å². The second-order valence-electron chi connectivity index (χ2n) is 7.06. The maximum absolute atomic E-state index is 13.2. The molecule has 0 radical (unpaired) electrons. The van der Waals surface area contributed by atoms with Crippen LogP contribution in [0, 0.1) is 0 Å². The summed E-state index contributed by atoms with van der Waals surface area (Å²) in [4.78, 5) is 12.8. The Bertz CT molecular complexity index is 1120. The molecule has 0 fully saturated rings. The number of rotatable bonds is 10. The van der Waals surface area contributed by atoms with Crippen molar-refractivity contribution in [3.05, 3.63) is 90.0 Å². The fourth-order valence-electron chi connectivity index (χ4n) is 3.06. The molecule has 0 atom stereocenters. The molecule has 0 bridgehead atoms. The molecule has 7 nitrogen and oxygen atoms in total. The Morgan fingerprint density at radius 1 is 0.812 bits per heavy atom. The molecule has 3 rings (SSSR count). The number of amides is 1. The number of ether oxygens (including phenoxy) is 2. The molecule has 8 heteroatoms. The molecule has 0 saturated carbocycles. The normalized spacial score (nSPS) is 11.2. The third-order valence-corrected chi connectivity index (χ3v) is 6.67. The molecule has 0 aliphatic rings. The molecule has 1 amide bonds. The van der Waals surface area contributed by atoms with Crippen LogP contribution in [0.15, 0.2) is 83.8 Å². The molecule has 3 aromatic carbocycles. The summed E-state index contributed by atoms with van der Waals surface area (Å²) in [5.74, 6) is 0.997. The van der Waals surface area contributed by atoms with Crippen molar-refractivity contribution in [3.8, 4) is 11.5 Å². The van der Waals surface area contributed by atoms with E-state index in [9.17, 15) is 13.2 Å². The lowest BCUT2D eigenvalue weighted by Crippen LogP contribution is -2.40. The van der Waals surface area contributed by atoms with Crippen LogP contribution in [0.25, 0.3) is 0 Å². The minimum atomic E-state index is -3.88. The van der Waals surface area contributed by atoms with Crippen molar-refractivity contribution in [2.75, 3.05) is 20.8 Å². The van der Waals surface area contributed by atoms with Gasteiger partial charge in [-0.1, -0.05) is 42.5 Å². The van der Waals surface area contributed by atoms with Crippen LogP contribution in [-0.4, -0.2) is 39.4 Å². The smallest absolute Gasteiger partial charge is 0.243 e. The molecule has 1 N–H and O–H groups in total. The second-order valence-corrected chi connectivity index (χ2v) is 9.00. The van der Waals surface area contributed by atoms with Crippen molar-refractivity contribution in [2.45, 2.75) is 18.0 Å². The van der Waals surface area contributed by atoms with E-state index in [2.05, 4.69) is 5.32 Å². The van der Waals surface area contributed by atoms with Gasteiger partial charge in [0.2, 0.25) is 15.9 Å². The van der Waals surface area contributed by atoms with E-state index >= 15 is 0 Å². The minimum absolute atomic E-state index is 0.0528. The van der Waals surface area contributed by atoms with Crippen LogP contribution < -0.4 is 14.8 Å². The summed E-state index contributed by atoms with van der Waals surface area (Å²) in [5.41, 5.74) is 1.63. The van der Waals surface area contributed by atoms with Crippen LogP contribution in [0.1, 0.15) is 11.1 Å². The minimum Gasteiger partial charge on any atom is -0.497 e. The van der Waals surface area contributed by atoms with Gasteiger partial charge in [-0.2, -0.15) is 4.31 Å². The molecule has 0 aliphatic heterocycles. The van der Waals surface area contributed by atoms with Crippen molar-refractivity contribution in [2.24, 2.45) is 0 Å². The average Bonchev–Trinajstić information content (AvgIpc) is 2.83. The van der Waals surface area contributed by atoms with Crippen molar-refractivity contribution >= 4 is 15.9 Å². The Hall–Kier alpha value is -3.36. The zero-order chi connectivity index (χ0) is 23.0. The second kappa shape index (κ2) is 10.8. The monoisotopic (exact) mass is 454 g/mol. The topological polar surface area (TPSA) is 84.9 Å². The predicted molar refractivity (Wildman–Crippen MR) is 122 cm³/mol. The van der Waals surface area contributed by atoms with E-state index in [1.807, 2.05) is 12.1 Å². The molecular formula is C24H26N2O5S. The van der Waals surface area contributed by atoms with Crippen molar-refractivity contribution in [3.63, 3.8) is 0 Å². The highest BCUT2D eigenvalue weighted by atomic mass is 32.2. The molecule has 0 spiro atoms. The lowest BCUT2D eigenvalue weighted by molar-refractivity contribution is -0.121. The number of carbonyl (C=O) groups excluding carboxylic acids is 1. The van der Waals surface area contributed by atoms with Crippen molar-refractivity contribution in [1.82, 2.24) is 9.62 Å². The Labute approximate surface area is 188 Å². The summed E-state index contributed by atoms with van der Waals surface area (Å²) in [7, 11) is -0.729. The highest BCUT2D eigenvalue weighted by molar-refractivity contribution is 7.89. The average molecular weight is 455 g/mol. The molecule has 0 aromatic heterocycles. The van der Waals surface area contributed by atoms with Gasteiger partial charge in [0.05, 0.1) is 25.7 Å². The highest BCUT2D eigenvalue weighted by Crippen LogP contribution is 2.20. The van der Waals surface area contributed by atoms with E-state index in [-0.39, 0.29) is 24.5 Å². The Morgan fingerprint density at radius 2 is 1.34 bits per heavy atom. The first-order valence-electron chi connectivity index (χ1n) is 10.00. The van der Waals surface area contributed by atoms with Crippen molar-refractivity contribution < 1.29 is 22.7 Å². The van der Waals surface area contributed by atoms with Gasteiger partial charge in [-0.25, -0.2) is 8.42 Å². The lowest BCUT2D eigenvalue weighted by atomic mass is 10.2. The summed E-state index contributed by atoms with van der Waals surface area (Å²) < 4.78 is 38.0. The first-order chi connectivity index (χ1) is 15.4. The maximum atomic E-state index is 13.2. The SMILES string of the molecule is COc1ccc(CNC(=O)CN(Cc2ccc(OC)cc2)S(=O)(=O)c2ccccc2)cc1. The third-order valence-electron chi connectivity index (χ3n) is 4.87. The number of methoxy groups -OCH3 is 2. The number of hydrogen-bond donors (Lipinski definition) is 1. The first-order valence-corrected chi connectivity index (χ1v) is 11.4. The first kappa shape index (κ1) is 23.3. The van der Waals surface area contributed by atoms with Gasteiger partial charge in [0, 0.05) is 13.1 Å². The summed E-state index contributed by atoms with van der Waals surface area (Å²) in [5, 5.41) is 2.79. The number of hydrogen-bond acceptors (Lipinski definition) is 5. The number of nitrogens with zero attached hydrogens (tertiary/aromatic N) is 1. The van der Waals surface area contributed by atoms with E-state index < -0.39 is 15.9 Å². The Kier molecular flexibility index (Phi) is 7.86. The Morgan fingerprint density at radius 3 is 1.88 bits per heavy atom. The van der Waals surface area contributed by atoms with Crippen LogP contribution in [0.4, 0.5) is 0 Å². The van der Waals surface area contributed by atoms with Crippen LogP contribution in [-0.2, 0) is 27.9 Å². The summed E-state index contributed by atoms with van der Waals surface area (Å²) in [6.45, 7) is 0.0289. The molecule has 0 aliphatic carbocycles. The largest absolute Gasteiger partial charge is 0.497 e. The van der Waals surface area contributed by atoms with Crippen LogP contribution in [0.5, 0.6) is 11.5 Å². The van der Waals surface area contributed by atoms with Gasteiger partial charge in [-0.05, 0) is 47.5 Å². The standard InChI is InChI=1S/C24H26N2O5S/c1-30-21-12-8-19(9-13-21)16-25-24(27)18-26(17-20-10-14-22(31-2)15-11-20)32(28,29)23-6-4-3-5-7-23/h3-15H,16-18H2,1-2H3,(H,25,27). The maximum Gasteiger partial charge on any atom is 0.243 e. The van der Waals surface area contributed by atoms with E-state index in [4.69, 9.17) is 9.47 Å². The fourth-order valence-corrected chi connectivity index (χ4v) is 4.47. The lowest BCUT2D eigenvalue weighted by Gasteiger charge is -2.22. The zero-order valence-electron chi connectivity index (χ0n) is 18.0. The number of nitrogens with one attached hydrogen (secondary N) is 1. The molecule has 0 heterocycles. The Balaban J connectivity index is 1.75. The quantitative estimate of drug-likeness (QED) is 0.509. The molecule has 3 aromatic rings. The molecular weight excluding hydrogens is 428 g/mol. The summed E-state index contributed by atoms with van der Waals surface area (Å²) in [6, 6.07) is 22.5. The van der Waals surface area contributed by atoms with Gasteiger partial charge in [0.25, 0.3) is 0 Å². The van der Waals surface area contributed by atoms with Gasteiger partial charge in [-0.15, -0.1) is 0 Å². The molecule has 0 saturated heterocycles. The predicted octanol–water partition coefficient (Wildman–Crippen LogP) is 3.21. The van der Waals surface area contributed by atoms with Gasteiger partial charge in [0.1, 0.15) is 11.5 Å². The van der Waals surface area contributed by atoms with Crippen LogP contribution in [0.3, 0.4) is 0 Å². The number of benzene rings is 3. The van der Waals surface area contributed by atoms with E-state index in [1.54, 1.807) is 68.8 Å². The molecule has 0 unspecified atom stereocenters. The van der Waals surface area contributed by atoms with Crippen LogP contribution >= 0.6 is 0 Å².